The number of carboxylic acids is 1. The van der Waals surface area contributed by atoms with Crippen molar-refractivity contribution < 1.29 is 29.0 Å². The van der Waals surface area contributed by atoms with Gasteiger partial charge in [0.05, 0.1) is 13.0 Å². The van der Waals surface area contributed by atoms with E-state index in [4.69, 9.17) is 9.84 Å². The van der Waals surface area contributed by atoms with Crippen molar-refractivity contribution in [1.29, 1.82) is 0 Å². The molecule has 0 spiro atoms. The summed E-state index contributed by atoms with van der Waals surface area (Å²) >= 11 is 0. The first-order chi connectivity index (χ1) is 11.5. The van der Waals surface area contributed by atoms with Gasteiger partial charge in [-0.1, -0.05) is 0 Å². The molecule has 1 aromatic rings. The first kappa shape index (κ1) is 17.6. The van der Waals surface area contributed by atoms with E-state index in [1.54, 1.807) is 24.3 Å². The Hall–Kier alpha value is -2.77. The van der Waals surface area contributed by atoms with Gasteiger partial charge < -0.3 is 24.8 Å². The van der Waals surface area contributed by atoms with E-state index in [2.05, 4.69) is 10.1 Å². The number of rotatable bonds is 5. The highest BCUT2D eigenvalue weighted by Crippen LogP contribution is 2.19. The highest BCUT2D eigenvalue weighted by atomic mass is 16.6. The summed E-state index contributed by atoms with van der Waals surface area (Å²) < 4.78 is 9.69. The van der Waals surface area contributed by atoms with Crippen LogP contribution in [0.15, 0.2) is 24.3 Å². The molecule has 0 saturated carbocycles. The molecule has 2 rings (SSSR count). The number of esters is 1. The number of carbonyl (C=O) groups excluding carboxylic acids is 2. The Balaban J connectivity index is 1.87. The molecule has 8 nitrogen and oxygen atoms in total. The standard InChI is InChI=1S/C16H20N2O6/c1-23-14(19)10-24-13-6-4-12(5-7-13)17-16(22)18-8-2-3-11(9-18)15(20)21/h4-7,11H,2-3,8-10H2,1H3,(H,17,22)(H,20,21). The summed E-state index contributed by atoms with van der Waals surface area (Å²) in [6.45, 7) is 0.560. The lowest BCUT2D eigenvalue weighted by Gasteiger charge is -2.30. The van der Waals surface area contributed by atoms with Gasteiger partial charge in [-0.25, -0.2) is 9.59 Å². The lowest BCUT2D eigenvalue weighted by Crippen LogP contribution is -2.44. The molecule has 1 aromatic carbocycles. The van der Waals surface area contributed by atoms with Gasteiger partial charge in [-0.05, 0) is 37.1 Å². The van der Waals surface area contributed by atoms with E-state index in [9.17, 15) is 14.4 Å². The Morgan fingerprint density at radius 3 is 2.62 bits per heavy atom. The number of aliphatic carboxylic acids is 1. The zero-order chi connectivity index (χ0) is 17.5. The van der Waals surface area contributed by atoms with Crippen LogP contribution >= 0.6 is 0 Å². The number of ether oxygens (including phenoxy) is 2. The number of carbonyl (C=O) groups is 3. The number of anilines is 1. The molecule has 1 atom stereocenters. The zero-order valence-electron chi connectivity index (χ0n) is 13.4. The van der Waals surface area contributed by atoms with Crippen LogP contribution in [0.2, 0.25) is 0 Å². The van der Waals surface area contributed by atoms with Crippen molar-refractivity contribution in [2.24, 2.45) is 5.92 Å². The molecule has 1 aliphatic rings. The van der Waals surface area contributed by atoms with Crippen LogP contribution in [0.4, 0.5) is 10.5 Å². The van der Waals surface area contributed by atoms with Crippen LogP contribution in [-0.2, 0) is 14.3 Å². The monoisotopic (exact) mass is 336 g/mol. The van der Waals surface area contributed by atoms with Gasteiger partial charge in [0.1, 0.15) is 5.75 Å². The molecule has 1 unspecified atom stereocenters. The predicted molar refractivity (Wildman–Crippen MR) is 84.9 cm³/mol. The fraction of sp³-hybridized carbons (Fsp3) is 0.438. The fourth-order valence-corrected chi connectivity index (χ4v) is 2.40. The third-order valence-corrected chi connectivity index (χ3v) is 3.75. The molecule has 2 amide bonds. The highest BCUT2D eigenvalue weighted by Gasteiger charge is 2.28. The predicted octanol–water partition coefficient (Wildman–Crippen LogP) is 1.57. The van der Waals surface area contributed by atoms with Crippen molar-refractivity contribution >= 4 is 23.7 Å². The van der Waals surface area contributed by atoms with Crippen LogP contribution in [0, 0.1) is 5.92 Å². The Kier molecular flexibility index (Phi) is 6.00. The molecule has 1 aliphatic heterocycles. The molecule has 0 aromatic heterocycles. The summed E-state index contributed by atoms with van der Waals surface area (Å²) in [6.07, 6.45) is 1.26. The second kappa shape index (κ2) is 8.19. The van der Waals surface area contributed by atoms with Gasteiger partial charge in [-0.2, -0.15) is 0 Å². The first-order valence-corrected chi connectivity index (χ1v) is 7.58. The molecule has 130 valence electrons. The van der Waals surface area contributed by atoms with Gasteiger partial charge in [0.25, 0.3) is 0 Å². The van der Waals surface area contributed by atoms with E-state index in [0.717, 1.165) is 0 Å². The Bertz CT molecular complexity index is 601. The summed E-state index contributed by atoms with van der Waals surface area (Å²) in [5.74, 6) is -1.40. The van der Waals surface area contributed by atoms with Gasteiger partial charge in [0.15, 0.2) is 6.61 Å². The summed E-state index contributed by atoms with van der Waals surface area (Å²) in [5, 5.41) is 11.8. The van der Waals surface area contributed by atoms with Crippen molar-refractivity contribution in [3.05, 3.63) is 24.3 Å². The molecular formula is C16H20N2O6. The minimum Gasteiger partial charge on any atom is -0.482 e. The molecule has 1 fully saturated rings. The van der Waals surface area contributed by atoms with Crippen LogP contribution in [0.1, 0.15) is 12.8 Å². The number of benzene rings is 1. The maximum atomic E-state index is 12.2. The zero-order valence-corrected chi connectivity index (χ0v) is 13.4. The van der Waals surface area contributed by atoms with E-state index < -0.39 is 17.9 Å². The van der Waals surface area contributed by atoms with Crippen LogP contribution < -0.4 is 10.1 Å². The number of likely N-dealkylation sites (tertiary alicyclic amines) is 1. The van der Waals surface area contributed by atoms with Crippen LogP contribution in [-0.4, -0.2) is 54.8 Å². The second-order valence-electron chi connectivity index (χ2n) is 5.44. The topological polar surface area (TPSA) is 105 Å². The maximum Gasteiger partial charge on any atom is 0.343 e. The number of hydrogen-bond acceptors (Lipinski definition) is 5. The van der Waals surface area contributed by atoms with Gasteiger partial charge in [-0.15, -0.1) is 0 Å². The molecule has 0 aliphatic carbocycles. The first-order valence-electron chi connectivity index (χ1n) is 7.58. The average Bonchev–Trinajstić information content (AvgIpc) is 2.60. The SMILES string of the molecule is COC(=O)COc1ccc(NC(=O)N2CCCC(C(=O)O)C2)cc1. The molecule has 2 N–H and O–H groups in total. The molecule has 8 heteroatoms. The molecule has 0 bridgehead atoms. The third-order valence-electron chi connectivity index (χ3n) is 3.75. The number of hydrogen-bond donors (Lipinski definition) is 2. The van der Waals surface area contributed by atoms with Crippen molar-refractivity contribution in [2.75, 3.05) is 32.1 Å². The number of nitrogens with one attached hydrogen (secondary N) is 1. The Labute approximate surface area is 139 Å². The molecular weight excluding hydrogens is 316 g/mol. The lowest BCUT2D eigenvalue weighted by molar-refractivity contribution is -0.143. The van der Waals surface area contributed by atoms with Crippen LogP contribution in [0.3, 0.4) is 0 Å². The number of amides is 2. The number of nitrogens with zero attached hydrogens (tertiary/aromatic N) is 1. The number of carboxylic acid groups (broad SMARTS) is 1. The van der Waals surface area contributed by atoms with E-state index in [1.165, 1.54) is 12.0 Å². The van der Waals surface area contributed by atoms with E-state index in [0.29, 0.717) is 30.8 Å². The number of piperidine rings is 1. The van der Waals surface area contributed by atoms with Crippen molar-refractivity contribution in [3.8, 4) is 5.75 Å². The number of urea groups is 1. The minimum atomic E-state index is -0.875. The largest absolute Gasteiger partial charge is 0.482 e. The highest BCUT2D eigenvalue weighted by molar-refractivity contribution is 5.89. The van der Waals surface area contributed by atoms with E-state index in [-0.39, 0.29) is 19.2 Å². The Morgan fingerprint density at radius 1 is 1.29 bits per heavy atom. The fourth-order valence-electron chi connectivity index (χ4n) is 2.40. The average molecular weight is 336 g/mol. The molecule has 1 heterocycles. The third kappa shape index (κ3) is 4.87. The van der Waals surface area contributed by atoms with Crippen molar-refractivity contribution in [3.63, 3.8) is 0 Å². The van der Waals surface area contributed by atoms with Crippen molar-refractivity contribution in [2.45, 2.75) is 12.8 Å². The minimum absolute atomic E-state index is 0.188. The van der Waals surface area contributed by atoms with E-state index >= 15 is 0 Å². The van der Waals surface area contributed by atoms with Gasteiger partial charge in [0, 0.05) is 18.8 Å². The van der Waals surface area contributed by atoms with Gasteiger partial charge in [0.2, 0.25) is 0 Å². The summed E-state index contributed by atoms with van der Waals surface area (Å²) in [7, 11) is 1.28. The lowest BCUT2D eigenvalue weighted by atomic mass is 9.99. The second-order valence-corrected chi connectivity index (χ2v) is 5.44. The smallest absolute Gasteiger partial charge is 0.343 e. The van der Waals surface area contributed by atoms with Gasteiger partial charge >= 0.3 is 18.0 Å². The van der Waals surface area contributed by atoms with Crippen LogP contribution in [0.5, 0.6) is 5.75 Å². The molecule has 1 saturated heterocycles. The van der Waals surface area contributed by atoms with Crippen LogP contribution in [0.25, 0.3) is 0 Å². The Morgan fingerprint density at radius 2 is 2.00 bits per heavy atom. The molecule has 24 heavy (non-hydrogen) atoms. The summed E-state index contributed by atoms with van der Waals surface area (Å²) in [4.78, 5) is 35.7. The van der Waals surface area contributed by atoms with E-state index in [1.807, 2.05) is 0 Å². The summed E-state index contributed by atoms with van der Waals surface area (Å²) in [6, 6.07) is 6.19. The van der Waals surface area contributed by atoms with Crippen molar-refractivity contribution in [1.82, 2.24) is 4.90 Å². The quantitative estimate of drug-likeness (QED) is 0.791. The normalized spacial score (nSPS) is 17.0. The molecule has 0 radical (unpaired) electrons. The maximum absolute atomic E-state index is 12.2. The number of methoxy groups -OCH3 is 1. The van der Waals surface area contributed by atoms with Gasteiger partial charge in [-0.3, -0.25) is 4.79 Å². The summed E-state index contributed by atoms with van der Waals surface area (Å²) in [5.41, 5.74) is 0.558.